The summed E-state index contributed by atoms with van der Waals surface area (Å²) in [6.45, 7) is 0. The summed E-state index contributed by atoms with van der Waals surface area (Å²) in [6, 6.07) is 15.8. The summed E-state index contributed by atoms with van der Waals surface area (Å²) >= 11 is 0. The first-order valence-corrected chi connectivity index (χ1v) is 7.22. The maximum atomic E-state index is 9.34. The summed E-state index contributed by atoms with van der Waals surface area (Å²) in [6.07, 6.45) is 5.60. The highest BCUT2D eigenvalue weighted by atomic mass is 16.5. The Morgan fingerprint density at radius 2 is 1.91 bits per heavy atom. The number of hydrogen-bond acceptors (Lipinski definition) is 3. The number of aromatic nitrogens is 1. The molecule has 0 unspecified atom stereocenters. The van der Waals surface area contributed by atoms with Crippen LogP contribution >= 0.6 is 0 Å². The third kappa shape index (κ3) is 2.64. The van der Waals surface area contributed by atoms with Crippen molar-refractivity contribution < 1.29 is 4.74 Å². The van der Waals surface area contributed by atoms with Crippen LogP contribution in [0.4, 0.5) is 0 Å². The maximum Gasteiger partial charge on any atom is 0.104 e. The first kappa shape index (κ1) is 14.1. The number of rotatable bonds is 3. The average molecular weight is 288 g/mol. The van der Waals surface area contributed by atoms with Gasteiger partial charge in [0, 0.05) is 23.8 Å². The predicted octanol–water partition coefficient (Wildman–Crippen LogP) is 4.19. The molecule has 0 saturated heterocycles. The zero-order valence-electron chi connectivity index (χ0n) is 12.4. The van der Waals surface area contributed by atoms with Gasteiger partial charge in [-0.15, -0.1) is 0 Å². The maximum absolute atomic E-state index is 9.34. The Balaban J connectivity index is 2.12. The molecule has 0 atom stereocenters. The SMILES string of the molecule is COC1=C(c2ccccc2C#N)C=C(c2ccccn2)CC1. The molecule has 3 heteroatoms. The zero-order valence-corrected chi connectivity index (χ0v) is 12.4. The molecule has 1 aromatic heterocycles. The van der Waals surface area contributed by atoms with Crippen molar-refractivity contribution in [3.05, 3.63) is 77.3 Å². The predicted molar refractivity (Wildman–Crippen MR) is 86.5 cm³/mol. The second-order valence-electron chi connectivity index (χ2n) is 5.08. The van der Waals surface area contributed by atoms with Gasteiger partial charge in [-0.2, -0.15) is 5.26 Å². The minimum Gasteiger partial charge on any atom is -0.500 e. The van der Waals surface area contributed by atoms with Gasteiger partial charge < -0.3 is 4.74 Å². The fourth-order valence-electron chi connectivity index (χ4n) is 2.72. The molecule has 1 aliphatic rings. The van der Waals surface area contributed by atoms with E-state index in [1.807, 2.05) is 42.5 Å². The monoisotopic (exact) mass is 288 g/mol. The smallest absolute Gasteiger partial charge is 0.104 e. The van der Waals surface area contributed by atoms with Crippen molar-refractivity contribution in [2.75, 3.05) is 7.11 Å². The molecule has 0 spiro atoms. The standard InChI is InChI=1S/C19H16N2O/c1-22-19-10-9-14(18-8-4-5-11-21-18)12-17(19)16-7-3-2-6-15(16)13-20/h2-8,11-12H,9-10H2,1H3. The fourth-order valence-corrected chi connectivity index (χ4v) is 2.72. The van der Waals surface area contributed by atoms with Crippen molar-refractivity contribution in [1.29, 1.82) is 5.26 Å². The van der Waals surface area contributed by atoms with Crippen LogP contribution in [0.25, 0.3) is 11.1 Å². The first-order valence-electron chi connectivity index (χ1n) is 7.22. The third-order valence-electron chi connectivity index (χ3n) is 3.82. The molecule has 0 N–H and O–H groups in total. The average Bonchev–Trinajstić information content (AvgIpc) is 2.62. The van der Waals surface area contributed by atoms with E-state index in [0.717, 1.165) is 35.4 Å². The van der Waals surface area contributed by atoms with Crippen LogP contribution in [0.15, 0.2) is 60.5 Å². The quantitative estimate of drug-likeness (QED) is 0.850. The second kappa shape index (κ2) is 6.28. The molecular formula is C19H16N2O. The Morgan fingerprint density at radius 3 is 2.64 bits per heavy atom. The van der Waals surface area contributed by atoms with Crippen LogP contribution in [0.3, 0.4) is 0 Å². The summed E-state index contributed by atoms with van der Waals surface area (Å²) in [5, 5.41) is 9.34. The van der Waals surface area contributed by atoms with E-state index >= 15 is 0 Å². The molecule has 22 heavy (non-hydrogen) atoms. The molecule has 1 aliphatic carbocycles. The van der Waals surface area contributed by atoms with Gasteiger partial charge in [0.15, 0.2) is 0 Å². The van der Waals surface area contributed by atoms with Crippen molar-refractivity contribution in [2.45, 2.75) is 12.8 Å². The van der Waals surface area contributed by atoms with E-state index in [9.17, 15) is 5.26 Å². The molecule has 1 heterocycles. The third-order valence-corrected chi connectivity index (χ3v) is 3.82. The Labute approximate surface area is 130 Å². The van der Waals surface area contributed by atoms with Crippen LogP contribution < -0.4 is 0 Å². The van der Waals surface area contributed by atoms with Crippen molar-refractivity contribution in [3.63, 3.8) is 0 Å². The van der Waals surface area contributed by atoms with Crippen LogP contribution in [0.5, 0.6) is 0 Å². The number of pyridine rings is 1. The molecule has 0 aliphatic heterocycles. The van der Waals surface area contributed by atoms with Gasteiger partial charge in [0.2, 0.25) is 0 Å². The summed E-state index contributed by atoms with van der Waals surface area (Å²) in [4.78, 5) is 4.43. The molecular weight excluding hydrogens is 272 g/mol. The van der Waals surface area contributed by atoms with Gasteiger partial charge in [0.05, 0.1) is 24.4 Å². The van der Waals surface area contributed by atoms with Gasteiger partial charge in [-0.1, -0.05) is 24.3 Å². The lowest BCUT2D eigenvalue weighted by atomic mass is 9.89. The highest BCUT2D eigenvalue weighted by molar-refractivity contribution is 5.88. The summed E-state index contributed by atoms with van der Waals surface area (Å²) in [5.41, 5.74) is 4.70. The van der Waals surface area contributed by atoms with Crippen LogP contribution in [-0.4, -0.2) is 12.1 Å². The van der Waals surface area contributed by atoms with Gasteiger partial charge in [0.1, 0.15) is 5.76 Å². The molecule has 3 rings (SSSR count). The largest absolute Gasteiger partial charge is 0.500 e. The second-order valence-corrected chi connectivity index (χ2v) is 5.08. The molecule has 3 nitrogen and oxygen atoms in total. The van der Waals surface area contributed by atoms with Gasteiger partial charge in [-0.3, -0.25) is 4.98 Å². The van der Waals surface area contributed by atoms with Crippen molar-refractivity contribution in [1.82, 2.24) is 4.98 Å². The van der Waals surface area contributed by atoms with Crippen LogP contribution in [0.2, 0.25) is 0 Å². The van der Waals surface area contributed by atoms with Gasteiger partial charge in [-0.05, 0) is 36.3 Å². The summed E-state index contributed by atoms with van der Waals surface area (Å²) < 4.78 is 5.55. The lowest BCUT2D eigenvalue weighted by Crippen LogP contribution is -2.03. The Morgan fingerprint density at radius 1 is 1.09 bits per heavy atom. The molecule has 108 valence electrons. The molecule has 2 aromatic rings. The van der Waals surface area contributed by atoms with E-state index in [2.05, 4.69) is 17.1 Å². The van der Waals surface area contributed by atoms with E-state index in [-0.39, 0.29) is 0 Å². The number of ether oxygens (including phenoxy) is 1. The van der Waals surface area contributed by atoms with Crippen LogP contribution in [0.1, 0.15) is 29.7 Å². The molecule has 1 aromatic carbocycles. The van der Waals surface area contributed by atoms with Crippen LogP contribution in [0, 0.1) is 11.3 Å². The number of allylic oxidation sites excluding steroid dienone is 4. The van der Waals surface area contributed by atoms with Gasteiger partial charge >= 0.3 is 0 Å². The molecule has 0 amide bonds. The Bertz CT molecular complexity index is 783. The molecule has 0 fully saturated rings. The number of nitrogens with zero attached hydrogens (tertiary/aromatic N) is 2. The van der Waals surface area contributed by atoms with E-state index in [1.54, 1.807) is 13.3 Å². The molecule has 0 radical (unpaired) electrons. The topological polar surface area (TPSA) is 45.9 Å². The van der Waals surface area contributed by atoms with Crippen molar-refractivity contribution >= 4 is 11.1 Å². The highest BCUT2D eigenvalue weighted by Crippen LogP contribution is 2.35. The number of hydrogen-bond donors (Lipinski definition) is 0. The number of benzene rings is 1. The zero-order chi connectivity index (χ0) is 15.4. The van der Waals surface area contributed by atoms with Crippen molar-refractivity contribution in [2.24, 2.45) is 0 Å². The van der Waals surface area contributed by atoms with E-state index in [1.165, 1.54) is 5.57 Å². The first-order chi connectivity index (χ1) is 10.8. The summed E-state index contributed by atoms with van der Waals surface area (Å²) in [7, 11) is 1.68. The lowest BCUT2D eigenvalue weighted by molar-refractivity contribution is 0.280. The molecule has 0 bridgehead atoms. The van der Waals surface area contributed by atoms with Crippen molar-refractivity contribution in [3.8, 4) is 6.07 Å². The van der Waals surface area contributed by atoms with E-state index < -0.39 is 0 Å². The minimum atomic E-state index is 0.658. The van der Waals surface area contributed by atoms with Gasteiger partial charge in [-0.25, -0.2) is 0 Å². The van der Waals surface area contributed by atoms with Crippen LogP contribution in [-0.2, 0) is 4.74 Å². The van der Waals surface area contributed by atoms with Gasteiger partial charge in [0.25, 0.3) is 0 Å². The number of nitriles is 1. The molecule has 0 saturated carbocycles. The van der Waals surface area contributed by atoms with E-state index in [4.69, 9.17) is 4.74 Å². The number of methoxy groups -OCH3 is 1. The summed E-state index contributed by atoms with van der Waals surface area (Å²) in [5.74, 6) is 0.919. The Hall–Kier alpha value is -2.86. The lowest BCUT2D eigenvalue weighted by Gasteiger charge is -2.20. The Kier molecular flexibility index (Phi) is 4.02. The highest BCUT2D eigenvalue weighted by Gasteiger charge is 2.19. The fraction of sp³-hybridized carbons (Fsp3) is 0.158. The van der Waals surface area contributed by atoms with E-state index in [0.29, 0.717) is 5.56 Å². The minimum absolute atomic E-state index is 0.658. The normalized spacial score (nSPS) is 14.3.